The zero-order valence-corrected chi connectivity index (χ0v) is 15.5. The van der Waals surface area contributed by atoms with Crippen molar-refractivity contribution in [2.45, 2.75) is 12.3 Å². The molecular weight excluding hydrogens is 348 g/mol. The van der Waals surface area contributed by atoms with Crippen molar-refractivity contribution in [3.8, 4) is 23.0 Å². The molecule has 0 aromatic heterocycles. The first kappa shape index (κ1) is 17.5. The number of rotatable bonds is 4. The number of ether oxygens (including phenoxy) is 4. The van der Waals surface area contributed by atoms with Crippen LogP contribution in [-0.2, 0) is 16.0 Å². The number of carbonyl (C=O) groups is 1. The standard InChI is InChI=1S/C21H22O6/c1-24-16-7-11(4-5-15(16)22)19-14-9-18(26-3)17(25-2)8-12(14)6-13-10-27-21(23)20(13)19/h4-5,7-9,13,19-20,22H,6,10H2,1-3H3/t13-,19+,20-/m1/s1. The van der Waals surface area contributed by atoms with Crippen molar-refractivity contribution in [3.63, 3.8) is 0 Å². The van der Waals surface area contributed by atoms with Crippen molar-refractivity contribution >= 4 is 5.97 Å². The van der Waals surface area contributed by atoms with Gasteiger partial charge in [-0.05, 0) is 47.4 Å². The summed E-state index contributed by atoms with van der Waals surface area (Å²) >= 11 is 0. The van der Waals surface area contributed by atoms with Gasteiger partial charge in [-0.3, -0.25) is 4.79 Å². The minimum Gasteiger partial charge on any atom is -0.504 e. The van der Waals surface area contributed by atoms with Crippen molar-refractivity contribution in [1.82, 2.24) is 0 Å². The van der Waals surface area contributed by atoms with Crippen LogP contribution in [0.25, 0.3) is 0 Å². The molecule has 142 valence electrons. The van der Waals surface area contributed by atoms with Gasteiger partial charge in [0.2, 0.25) is 0 Å². The molecule has 3 atom stereocenters. The Morgan fingerprint density at radius 1 is 1.00 bits per heavy atom. The summed E-state index contributed by atoms with van der Waals surface area (Å²) in [6.07, 6.45) is 0.748. The number of methoxy groups -OCH3 is 3. The predicted molar refractivity (Wildman–Crippen MR) is 97.7 cm³/mol. The highest BCUT2D eigenvalue weighted by atomic mass is 16.5. The second-order valence-electron chi connectivity index (χ2n) is 6.93. The summed E-state index contributed by atoms with van der Waals surface area (Å²) in [5.41, 5.74) is 3.02. The van der Waals surface area contributed by atoms with E-state index < -0.39 is 0 Å². The molecule has 1 saturated heterocycles. The van der Waals surface area contributed by atoms with E-state index in [0.29, 0.717) is 23.9 Å². The Morgan fingerprint density at radius 3 is 2.41 bits per heavy atom. The van der Waals surface area contributed by atoms with Gasteiger partial charge in [0.15, 0.2) is 23.0 Å². The molecule has 0 spiro atoms. The second kappa shape index (κ2) is 6.68. The summed E-state index contributed by atoms with van der Waals surface area (Å²) in [4.78, 5) is 12.5. The lowest BCUT2D eigenvalue weighted by atomic mass is 9.67. The Hall–Kier alpha value is -2.89. The molecule has 2 aromatic carbocycles. The van der Waals surface area contributed by atoms with Gasteiger partial charge in [0, 0.05) is 11.8 Å². The number of cyclic esters (lactones) is 1. The molecule has 1 aliphatic carbocycles. The summed E-state index contributed by atoms with van der Waals surface area (Å²) in [7, 11) is 4.72. The maximum absolute atomic E-state index is 12.5. The fourth-order valence-corrected chi connectivity index (χ4v) is 4.33. The van der Waals surface area contributed by atoms with E-state index in [-0.39, 0.29) is 29.5 Å². The average molecular weight is 370 g/mol. The van der Waals surface area contributed by atoms with E-state index in [1.54, 1.807) is 26.4 Å². The normalized spacial score (nSPS) is 23.2. The van der Waals surface area contributed by atoms with Crippen molar-refractivity contribution < 1.29 is 28.8 Å². The van der Waals surface area contributed by atoms with E-state index in [2.05, 4.69) is 0 Å². The van der Waals surface area contributed by atoms with E-state index in [1.165, 1.54) is 7.11 Å². The van der Waals surface area contributed by atoms with Gasteiger partial charge in [-0.1, -0.05) is 6.07 Å². The van der Waals surface area contributed by atoms with Gasteiger partial charge < -0.3 is 24.1 Å². The molecule has 1 fully saturated rings. The molecule has 2 aliphatic rings. The monoisotopic (exact) mass is 370 g/mol. The maximum Gasteiger partial charge on any atom is 0.310 e. The molecular formula is C21H22O6. The fourth-order valence-electron chi connectivity index (χ4n) is 4.33. The van der Waals surface area contributed by atoms with Crippen molar-refractivity contribution in [2.75, 3.05) is 27.9 Å². The largest absolute Gasteiger partial charge is 0.504 e. The number of fused-ring (bicyclic) bond motifs is 2. The van der Waals surface area contributed by atoms with E-state index in [9.17, 15) is 9.90 Å². The summed E-state index contributed by atoms with van der Waals surface area (Å²) in [5.74, 6) is 1.18. The smallest absolute Gasteiger partial charge is 0.310 e. The molecule has 0 amide bonds. The third-order valence-electron chi connectivity index (χ3n) is 5.60. The zero-order valence-electron chi connectivity index (χ0n) is 15.5. The highest BCUT2D eigenvalue weighted by molar-refractivity contribution is 5.78. The number of phenols is 1. The second-order valence-corrected chi connectivity index (χ2v) is 6.93. The number of benzene rings is 2. The van der Waals surface area contributed by atoms with E-state index in [1.807, 2.05) is 18.2 Å². The summed E-state index contributed by atoms with van der Waals surface area (Å²) in [6, 6.07) is 9.14. The first-order chi connectivity index (χ1) is 13.1. The van der Waals surface area contributed by atoms with Gasteiger partial charge >= 0.3 is 5.97 Å². The molecule has 6 heteroatoms. The van der Waals surface area contributed by atoms with E-state index >= 15 is 0 Å². The first-order valence-corrected chi connectivity index (χ1v) is 8.85. The third-order valence-corrected chi connectivity index (χ3v) is 5.60. The van der Waals surface area contributed by atoms with Crippen molar-refractivity contribution in [3.05, 3.63) is 47.0 Å². The molecule has 6 nitrogen and oxygen atoms in total. The van der Waals surface area contributed by atoms with Crippen LogP contribution in [0.2, 0.25) is 0 Å². The van der Waals surface area contributed by atoms with Gasteiger partial charge in [-0.25, -0.2) is 0 Å². The van der Waals surface area contributed by atoms with Crippen LogP contribution < -0.4 is 14.2 Å². The van der Waals surface area contributed by atoms with E-state index in [4.69, 9.17) is 18.9 Å². The van der Waals surface area contributed by atoms with Crippen LogP contribution in [0.3, 0.4) is 0 Å². The highest BCUT2D eigenvalue weighted by Crippen LogP contribution is 2.50. The molecule has 4 rings (SSSR count). The van der Waals surface area contributed by atoms with Crippen LogP contribution in [0.4, 0.5) is 0 Å². The number of hydrogen-bond donors (Lipinski definition) is 1. The maximum atomic E-state index is 12.5. The lowest BCUT2D eigenvalue weighted by molar-refractivity contribution is -0.141. The molecule has 2 aromatic rings. The SMILES string of the molecule is COc1cc([C@H]2c3cc(OC)c(OC)cc3C[C@@H]3COC(=O)[C@H]32)ccc1O. The van der Waals surface area contributed by atoms with Crippen LogP contribution in [0.1, 0.15) is 22.6 Å². The number of hydrogen-bond acceptors (Lipinski definition) is 6. The van der Waals surface area contributed by atoms with Crippen molar-refractivity contribution in [2.24, 2.45) is 11.8 Å². The van der Waals surface area contributed by atoms with Gasteiger partial charge in [-0.15, -0.1) is 0 Å². The van der Waals surface area contributed by atoms with Crippen LogP contribution in [0, 0.1) is 11.8 Å². The zero-order chi connectivity index (χ0) is 19.1. The summed E-state index contributed by atoms with van der Waals surface area (Å²) < 4.78 is 21.6. The Bertz CT molecular complexity index is 890. The number of esters is 1. The molecule has 0 radical (unpaired) electrons. The quantitative estimate of drug-likeness (QED) is 0.835. The molecule has 1 heterocycles. The first-order valence-electron chi connectivity index (χ1n) is 8.85. The summed E-state index contributed by atoms with van der Waals surface area (Å²) in [5, 5.41) is 9.97. The van der Waals surface area contributed by atoms with Crippen LogP contribution in [0.5, 0.6) is 23.0 Å². The van der Waals surface area contributed by atoms with Crippen molar-refractivity contribution in [1.29, 1.82) is 0 Å². The number of phenolic OH excluding ortho intramolecular Hbond substituents is 1. The number of carbonyl (C=O) groups excluding carboxylic acids is 1. The highest BCUT2D eigenvalue weighted by Gasteiger charge is 2.47. The Labute approximate surface area is 157 Å². The number of aromatic hydroxyl groups is 1. The molecule has 0 bridgehead atoms. The van der Waals surface area contributed by atoms with Gasteiger partial charge in [0.05, 0.1) is 33.9 Å². The Kier molecular flexibility index (Phi) is 4.34. The minimum atomic E-state index is -0.273. The molecule has 1 N–H and O–H groups in total. The van der Waals surface area contributed by atoms with E-state index in [0.717, 1.165) is 23.1 Å². The topological polar surface area (TPSA) is 74.2 Å². The lowest BCUT2D eigenvalue weighted by Crippen LogP contribution is -2.31. The Morgan fingerprint density at radius 2 is 1.70 bits per heavy atom. The van der Waals surface area contributed by atoms with Gasteiger partial charge in [0.1, 0.15) is 0 Å². The lowest BCUT2D eigenvalue weighted by Gasteiger charge is -2.34. The minimum absolute atomic E-state index is 0.0649. The van der Waals surface area contributed by atoms with Crippen LogP contribution in [0.15, 0.2) is 30.3 Å². The van der Waals surface area contributed by atoms with Gasteiger partial charge in [-0.2, -0.15) is 0 Å². The van der Waals surface area contributed by atoms with Gasteiger partial charge in [0.25, 0.3) is 0 Å². The molecule has 1 aliphatic heterocycles. The molecule has 27 heavy (non-hydrogen) atoms. The predicted octanol–water partition coefficient (Wildman–Crippen LogP) is 2.90. The Balaban J connectivity index is 1.91. The van der Waals surface area contributed by atoms with Crippen LogP contribution >= 0.6 is 0 Å². The molecule has 0 saturated carbocycles. The summed E-state index contributed by atoms with van der Waals surface area (Å²) in [6.45, 7) is 0.420. The third kappa shape index (κ3) is 2.76. The van der Waals surface area contributed by atoms with Crippen LogP contribution in [-0.4, -0.2) is 39.0 Å². The molecule has 0 unspecified atom stereocenters. The fraction of sp³-hybridized carbons (Fsp3) is 0.381. The average Bonchev–Trinajstić information content (AvgIpc) is 3.06.